The molecule has 1 N–H and O–H groups in total. The Morgan fingerprint density at radius 3 is 2.52 bits per heavy atom. The summed E-state index contributed by atoms with van der Waals surface area (Å²) in [5, 5.41) is 9.24. The van der Waals surface area contributed by atoms with Crippen LogP contribution in [0.3, 0.4) is 0 Å². The second kappa shape index (κ2) is 8.18. The number of carboxylic acid groups (broad SMARTS) is 1. The molecule has 1 saturated heterocycles. The first-order chi connectivity index (χ1) is 13.0. The Labute approximate surface area is 160 Å². The van der Waals surface area contributed by atoms with Crippen LogP contribution in [-0.4, -0.2) is 48.3 Å². The largest absolute Gasteiger partial charge is 0.493 e. The Bertz CT molecular complexity index is 713. The van der Waals surface area contributed by atoms with Crippen molar-refractivity contribution in [3.05, 3.63) is 35.2 Å². The first-order valence-corrected chi connectivity index (χ1v) is 9.70. The van der Waals surface area contributed by atoms with Crippen LogP contribution in [-0.2, 0) is 10.3 Å². The smallest absolute Gasteiger partial charge is 0.320 e. The van der Waals surface area contributed by atoms with Gasteiger partial charge in [-0.2, -0.15) is 0 Å². The molecule has 6 nitrogen and oxygen atoms in total. The molecule has 0 aromatic heterocycles. The van der Waals surface area contributed by atoms with E-state index in [4.69, 9.17) is 16.0 Å². The molecule has 1 aliphatic heterocycles. The lowest BCUT2D eigenvalue weighted by molar-refractivity contribution is -0.143. The van der Waals surface area contributed by atoms with Gasteiger partial charge >= 0.3 is 5.97 Å². The summed E-state index contributed by atoms with van der Waals surface area (Å²) >= 11 is 0. The Kier molecular flexibility index (Phi) is 5.91. The van der Waals surface area contributed by atoms with E-state index in [0.717, 1.165) is 18.4 Å². The zero-order chi connectivity index (χ0) is 19.4. The highest BCUT2D eigenvalue weighted by atomic mass is 16.5. The summed E-state index contributed by atoms with van der Waals surface area (Å²) in [5.41, 5.74) is 0.309. The third-order valence-corrected chi connectivity index (χ3v) is 6.04. The predicted molar refractivity (Wildman–Crippen MR) is 102 cm³/mol. The van der Waals surface area contributed by atoms with E-state index in [1.54, 1.807) is 14.0 Å². The van der Waals surface area contributed by atoms with E-state index >= 15 is 0 Å². The molecule has 1 saturated carbocycles. The number of methoxy groups -OCH3 is 1. The predicted octanol–water partition coefficient (Wildman–Crippen LogP) is 3.70. The van der Waals surface area contributed by atoms with E-state index in [-0.39, 0.29) is 6.10 Å². The van der Waals surface area contributed by atoms with Crippen molar-refractivity contribution in [2.24, 2.45) is 0 Å². The van der Waals surface area contributed by atoms with Crippen molar-refractivity contribution in [1.82, 2.24) is 4.90 Å². The molecule has 1 atom stereocenters. The van der Waals surface area contributed by atoms with Gasteiger partial charge in [0.05, 0.1) is 13.2 Å². The normalized spacial score (nSPS) is 21.4. The van der Waals surface area contributed by atoms with Gasteiger partial charge in [0, 0.05) is 31.5 Å². The molecule has 0 amide bonds. The summed E-state index contributed by atoms with van der Waals surface area (Å²) in [4.78, 5) is 17.2. The monoisotopic (exact) mass is 372 g/mol. The second-order valence-corrected chi connectivity index (χ2v) is 7.58. The Morgan fingerprint density at radius 2 is 1.96 bits per heavy atom. The highest BCUT2D eigenvalue weighted by Crippen LogP contribution is 2.42. The minimum absolute atomic E-state index is 0.219. The molecule has 0 spiro atoms. The molecule has 1 aliphatic carbocycles. The number of hydrogen-bond acceptors (Lipinski definition) is 4. The molecule has 1 aromatic rings. The number of carboxylic acids is 1. The average Bonchev–Trinajstić information content (AvgIpc) is 3.20. The van der Waals surface area contributed by atoms with Crippen LogP contribution in [0.15, 0.2) is 18.2 Å². The molecular weight excluding hydrogens is 344 g/mol. The van der Waals surface area contributed by atoms with Gasteiger partial charge in [-0.25, -0.2) is 6.57 Å². The molecule has 2 fully saturated rings. The Morgan fingerprint density at radius 1 is 1.30 bits per heavy atom. The summed E-state index contributed by atoms with van der Waals surface area (Å²) in [6.45, 7) is 10.7. The molecule has 1 aromatic carbocycles. The molecular formula is C21H28N2O4. The van der Waals surface area contributed by atoms with Gasteiger partial charge in [0.2, 0.25) is 0 Å². The minimum atomic E-state index is -0.818. The van der Waals surface area contributed by atoms with Crippen molar-refractivity contribution in [1.29, 1.82) is 0 Å². The summed E-state index contributed by atoms with van der Waals surface area (Å²) in [5.74, 6) is 0.594. The highest BCUT2D eigenvalue weighted by molar-refractivity contribution is 5.72. The summed E-state index contributed by atoms with van der Waals surface area (Å²) in [6.07, 6.45) is 5.95. The maximum absolute atomic E-state index is 11.2. The van der Waals surface area contributed by atoms with Gasteiger partial charge in [-0.1, -0.05) is 0 Å². The molecule has 0 radical (unpaired) electrons. The molecule has 1 heterocycles. The number of rotatable bonds is 6. The molecule has 146 valence electrons. The van der Waals surface area contributed by atoms with Crippen molar-refractivity contribution < 1.29 is 19.4 Å². The van der Waals surface area contributed by atoms with Gasteiger partial charge in [-0.05, 0) is 50.8 Å². The standard InChI is InChI=1S/C21H28N2O4/c1-15(20(24)25)23-12-10-21(22-2,11-13-23)16-8-9-18(26-3)19(14-16)27-17-6-4-5-7-17/h8-9,14-15,17H,4-7,10-13H2,1,3H3,(H,24,25)/t15-/m0/s1. The van der Waals surface area contributed by atoms with E-state index in [2.05, 4.69) is 4.85 Å². The van der Waals surface area contributed by atoms with Crippen LogP contribution in [0.5, 0.6) is 11.5 Å². The third kappa shape index (κ3) is 4.03. The minimum Gasteiger partial charge on any atom is -0.493 e. The average molecular weight is 372 g/mol. The van der Waals surface area contributed by atoms with Gasteiger partial charge in [0.1, 0.15) is 6.04 Å². The molecule has 27 heavy (non-hydrogen) atoms. The van der Waals surface area contributed by atoms with Crippen molar-refractivity contribution in [3.63, 3.8) is 0 Å². The fourth-order valence-corrected chi connectivity index (χ4v) is 4.15. The van der Waals surface area contributed by atoms with Crippen LogP contribution >= 0.6 is 0 Å². The topological polar surface area (TPSA) is 63.4 Å². The maximum atomic E-state index is 11.2. The van der Waals surface area contributed by atoms with E-state index < -0.39 is 17.6 Å². The summed E-state index contributed by atoms with van der Waals surface area (Å²) < 4.78 is 11.7. The van der Waals surface area contributed by atoms with Gasteiger partial charge in [0.15, 0.2) is 11.5 Å². The van der Waals surface area contributed by atoms with Crippen LogP contribution in [0.1, 0.15) is 51.0 Å². The highest BCUT2D eigenvalue weighted by Gasteiger charge is 2.44. The zero-order valence-corrected chi connectivity index (χ0v) is 16.1. The number of benzene rings is 1. The van der Waals surface area contributed by atoms with Crippen LogP contribution in [0.4, 0.5) is 0 Å². The lowest BCUT2D eigenvalue weighted by atomic mass is 9.81. The van der Waals surface area contributed by atoms with Crippen molar-refractivity contribution >= 4 is 5.97 Å². The van der Waals surface area contributed by atoms with Crippen LogP contribution in [0, 0.1) is 6.57 Å². The number of piperidine rings is 1. The third-order valence-electron chi connectivity index (χ3n) is 6.04. The first kappa shape index (κ1) is 19.5. The van der Waals surface area contributed by atoms with E-state index in [9.17, 15) is 9.90 Å². The number of aliphatic carboxylic acids is 1. The Hall–Kier alpha value is -2.26. The molecule has 2 aliphatic rings. The van der Waals surface area contributed by atoms with Crippen LogP contribution < -0.4 is 9.47 Å². The lowest BCUT2D eigenvalue weighted by Crippen LogP contribution is -2.47. The zero-order valence-electron chi connectivity index (χ0n) is 16.1. The number of nitrogens with zero attached hydrogens (tertiary/aromatic N) is 2. The van der Waals surface area contributed by atoms with Crippen LogP contribution in [0.2, 0.25) is 0 Å². The van der Waals surface area contributed by atoms with E-state index in [1.807, 2.05) is 23.1 Å². The second-order valence-electron chi connectivity index (χ2n) is 7.58. The van der Waals surface area contributed by atoms with Gasteiger partial charge in [-0.15, -0.1) is 0 Å². The maximum Gasteiger partial charge on any atom is 0.320 e. The quantitative estimate of drug-likeness (QED) is 0.772. The fraction of sp³-hybridized carbons (Fsp3) is 0.619. The number of carbonyl (C=O) groups is 1. The molecule has 6 heteroatoms. The van der Waals surface area contributed by atoms with Crippen molar-refractivity contribution in [2.75, 3.05) is 20.2 Å². The SMILES string of the molecule is [C-]#[N+]C1(c2ccc(OC)c(OC3CCCC3)c2)CCN([C@@H](C)C(=O)O)CC1. The van der Waals surface area contributed by atoms with Crippen molar-refractivity contribution in [2.45, 2.75) is 63.1 Å². The number of likely N-dealkylation sites (tertiary alicyclic amines) is 1. The number of hydrogen-bond donors (Lipinski definition) is 1. The van der Waals surface area contributed by atoms with Gasteiger partial charge in [0.25, 0.3) is 5.54 Å². The number of ether oxygens (including phenoxy) is 2. The summed E-state index contributed by atoms with van der Waals surface area (Å²) in [7, 11) is 1.63. The molecule has 0 unspecified atom stereocenters. The van der Waals surface area contributed by atoms with Gasteiger partial charge < -0.3 is 19.4 Å². The van der Waals surface area contributed by atoms with E-state index in [0.29, 0.717) is 37.4 Å². The Balaban J connectivity index is 1.81. The van der Waals surface area contributed by atoms with E-state index in [1.165, 1.54) is 12.8 Å². The van der Waals surface area contributed by atoms with Gasteiger partial charge in [-0.3, -0.25) is 9.69 Å². The summed E-state index contributed by atoms with van der Waals surface area (Å²) in [6, 6.07) is 5.28. The fourth-order valence-electron chi connectivity index (χ4n) is 4.15. The lowest BCUT2D eigenvalue weighted by Gasteiger charge is -2.36. The molecule has 0 bridgehead atoms. The van der Waals surface area contributed by atoms with Crippen LogP contribution in [0.25, 0.3) is 4.85 Å². The first-order valence-electron chi connectivity index (χ1n) is 9.70. The van der Waals surface area contributed by atoms with Crippen molar-refractivity contribution in [3.8, 4) is 11.5 Å². The molecule has 3 rings (SSSR count).